The van der Waals surface area contributed by atoms with Crippen molar-refractivity contribution in [3.8, 4) is 11.3 Å². The molecule has 0 fully saturated rings. The van der Waals surface area contributed by atoms with E-state index in [4.69, 9.17) is 0 Å². The molecule has 2 aromatic carbocycles. The number of hydrogen-bond acceptors (Lipinski definition) is 7. The van der Waals surface area contributed by atoms with E-state index in [9.17, 15) is 24.1 Å². The minimum atomic E-state index is -0.487. The highest BCUT2D eigenvalue weighted by Gasteiger charge is 2.25. The van der Waals surface area contributed by atoms with Crippen LogP contribution in [0.25, 0.3) is 11.3 Å². The van der Waals surface area contributed by atoms with Crippen molar-refractivity contribution in [3.05, 3.63) is 75.4 Å². The smallest absolute Gasteiger partial charge is 0.273 e. The third kappa shape index (κ3) is 4.83. The largest absolute Gasteiger partial charge is 0.297 e. The van der Waals surface area contributed by atoms with Gasteiger partial charge >= 0.3 is 0 Å². The summed E-state index contributed by atoms with van der Waals surface area (Å²) >= 11 is 1.17. The lowest BCUT2D eigenvalue weighted by molar-refractivity contribution is -0.384. The molecule has 4 rings (SSSR count). The molecular weight excluding hydrogens is 437 g/mol. The highest BCUT2D eigenvalue weighted by atomic mass is 32.1. The van der Waals surface area contributed by atoms with Crippen LogP contribution in [0.5, 0.6) is 0 Å². The van der Waals surface area contributed by atoms with Gasteiger partial charge < -0.3 is 0 Å². The molecule has 0 unspecified atom stereocenters. The lowest BCUT2D eigenvalue weighted by Gasteiger charge is -2.23. The van der Waals surface area contributed by atoms with Gasteiger partial charge in [0.1, 0.15) is 11.5 Å². The van der Waals surface area contributed by atoms with Crippen molar-refractivity contribution in [2.75, 3.05) is 5.32 Å². The molecule has 11 heteroatoms. The van der Waals surface area contributed by atoms with E-state index < -0.39 is 10.8 Å². The average molecular weight is 453 g/mol. The maximum atomic E-state index is 13.1. The SMILES string of the molecule is O=C(Nc1nc(-c2cccc([N+](=O)[O-])c2)cs1)C1=NN(Cc2ccc(F)cc2)C(=O)CC1. The van der Waals surface area contributed by atoms with Gasteiger partial charge in [0.25, 0.3) is 11.6 Å². The third-order valence-electron chi connectivity index (χ3n) is 4.69. The second-order valence-electron chi connectivity index (χ2n) is 6.92. The first-order chi connectivity index (χ1) is 15.4. The molecule has 9 nitrogen and oxygen atoms in total. The van der Waals surface area contributed by atoms with E-state index in [-0.39, 0.29) is 42.5 Å². The number of carbonyl (C=O) groups excluding carboxylic acids is 2. The lowest BCUT2D eigenvalue weighted by atomic mass is 10.1. The Labute approximate surface area is 185 Å². The number of rotatable bonds is 6. The Morgan fingerprint density at radius 3 is 2.75 bits per heavy atom. The summed E-state index contributed by atoms with van der Waals surface area (Å²) in [5, 5.41) is 21.0. The molecule has 0 aliphatic carbocycles. The minimum Gasteiger partial charge on any atom is -0.297 e. The van der Waals surface area contributed by atoms with Gasteiger partial charge in [-0.3, -0.25) is 25.0 Å². The van der Waals surface area contributed by atoms with Crippen molar-refractivity contribution in [1.82, 2.24) is 9.99 Å². The van der Waals surface area contributed by atoms with E-state index in [1.807, 2.05) is 0 Å². The molecule has 0 saturated heterocycles. The predicted molar refractivity (Wildman–Crippen MR) is 116 cm³/mol. The average Bonchev–Trinajstić information content (AvgIpc) is 3.25. The van der Waals surface area contributed by atoms with Gasteiger partial charge in [0.15, 0.2) is 5.13 Å². The molecule has 1 aliphatic rings. The Morgan fingerprint density at radius 2 is 2.00 bits per heavy atom. The van der Waals surface area contributed by atoms with Crippen LogP contribution in [0.15, 0.2) is 59.0 Å². The molecule has 1 aliphatic heterocycles. The topological polar surface area (TPSA) is 118 Å². The second kappa shape index (κ2) is 9.02. The number of thiazole rings is 1. The molecule has 2 heterocycles. The molecule has 2 amide bonds. The Kier molecular flexibility index (Phi) is 5.99. The fourth-order valence-corrected chi connectivity index (χ4v) is 3.78. The zero-order valence-corrected chi connectivity index (χ0v) is 17.3. The van der Waals surface area contributed by atoms with E-state index in [0.29, 0.717) is 22.0 Å². The number of hydrogen-bond donors (Lipinski definition) is 1. The number of anilines is 1. The third-order valence-corrected chi connectivity index (χ3v) is 5.45. The number of halogens is 1. The van der Waals surface area contributed by atoms with E-state index in [1.165, 1.54) is 40.6 Å². The molecule has 0 radical (unpaired) electrons. The van der Waals surface area contributed by atoms with Gasteiger partial charge in [0.05, 0.1) is 17.2 Å². The normalized spacial score (nSPS) is 13.6. The predicted octanol–water partition coefficient (Wildman–Crippen LogP) is 3.97. The van der Waals surface area contributed by atoms with E-state index in [2.05, 4.69) is 15.4 Å². The molecule has 0 spiro atoms. The summed E-state index contributed by atoms with van der Waals surface area (Å²) in [7, 11) is 0. The van der Waals surface area contributed by atoms with Gasteiger partial charge in [0.2, 0.25) is 5.91 Å². The summed E-state index contributed by atoms with van der Waals surface area (Å²) in [6, 6.07) is 11.7. The number of nitrogens with zero attached hydrogens (tertiary/aromatic N) is 4. The number of nitro groups is 1. The summed E-state index contributed by atoms with van der Waals surface area (Å²) in [4.78, 5) is 39.6. The first kappa shape index (κ1) is 21.2. The van der Waals surface area contributed by atoms with Crippen molar-refractivity contribution < 1.29 is 18.9 Å². The van der Waals surface area contributed by atoms with Gasteiger partial charge in [-0.1, -0.05) is 24.3 Å². The van der Waals surface area contributed by atoms with Crippen LogP contribution in [0, 0.1) is 15.9 Å². The van der Waals surface area contributed by atoms with Crippen molar-refractivity contribution in [3.63, 3.8) is 0 Å². The number of amides is 2. The summed E-state index contributed by atoms with van der Waals surface area (Å²) in [6.45, 7) is 0.129. The zero-order valence-electron chi connectivity index (χ0n) is 16.5. The van der Waals surface area contributed by atoms with E-state index in [1.54, 1.807) is 29.6 Å². The standard InChI is InChI=1S/C21H16FN5O4S/c22-15-6-4-13(5-7-15)11-26-19(28)9-8-17(25-26)20(29)24-21-23-18(12-32-21)14-2-1-3-16(10-14)27(30)31/h1-7,10,12H,8-9,11H2,(H,23,24,29). The van der Waals surface area contributed by atoms with Crippen LogP contribution >= 0.6 is 11.3 Å². The number of nitro benzene ring substituents is 1. The van der Waals surface area contributed by atoms with Crippen molar-refractivity contribution >= 4 is 39.7 Å². The molecule has 0 atom stereocenters. The maximum absolute atomic E-state index is 13.1. The Morgan fingerprint density at radius 1 is 1.22 bits per heavy atom. The number of carbonyl (C=O) groups is 2. The highest BCUT2D eigenvalue weighted by Crippen LogP contribution is 2.27. The summed E-state index contributed by atoms with van der Waals surface area (Å²) in [5.41, 5.74) is 1.86. The van der Waals surface area contributed by atoms with Gasteiger partial charge in [-0.05, 0) is 17.7 Å². The van der Waals surface area contributed by atoms with E-state index >= 15 is 0 Å². The molecule has 32 heavy (non-hydrogen) atoms. The highest BCUT2D eigenvalue weighted by molar-refractivity contribution is 7.14. The van der Waals surface area contributed by atoms with Crippen LogP contribution in [-0.2, 0) is 16.1 Å². The van der Waals surface area contributed by atoms with Gasteiger partial charge in [-0.15, -0.1) is 11.3 Å². The Balaban J connectivity index is 1.46. The van der Waals surface area contributed by atoms with Gasteiger partial charge in [-0.2, -0.15) is 5.10 Å². The zero-order chi connectivity index (χ0) is 22.7. The number of hydrazone groups is 1. The second-order valence-corrected chi connectivity index (χ2v) is 7.78. The van der Waals surface area contributed by atoms with Crippen molar-refractivity contribution in [2.45, 2.75) is 19.4 Å². The Hall–Kier alpha value is -3.99. The van der Waals surface area contributed by atoms with E-state index in [0.717, 1.165) is 0 Å². The number of aromatic nitrogens is 1. The van der Waals surface area contributed by atoms with Crippen LogP contribution in [0.3, 0.4) is 0 Å². The van der Waals surface area contributed by atoms with Crippen molar-refractivity contribution in [1.29, 1.82) is 0 Å². The van der Waals surface area contributed by atoms with Gasteiger partial charge in [0, 0.05) is 35.9 Å². The van der Waals surface area contributed by atoms with Crippen LogP contribution in [0.1, 0.15) is 18.4 Å². The Bertz CT molecular complexity index is 1220. The summed E-state index contributed by atoms with van der Waals surface area (Å²) in [6.07, 6.45) is 0.317. The number of benzene rings is 2. The molecule has 162 valence electrons. The number of non-ortho nitro benzene ring substituents is 1. The molecule has 1 N–H and O–H groups in total. The van der Waals surface area contributed by atoms with Crippen LogP contribution in [0.2, 0.25) is 0 Å². The molecule has 0 bridgehead atoms. The molecule has 0 saturated carbocycles. The number of nitrogens with one attached hydrogen (secondary N) is 1. The fraction of sp³-hybridized carbons (Fsp3) is 0.143. The molecule has 1 aromatic heterocycles. The van der Waals surface area contributed by atoms with Gasteiger partial charge in [-0.25, -0.2) is 14.4 Å². The van der Waals surface area contributed by atoms with Crippen LogP contribution in [0.4, 0.5) is 15.2 Å². The minimum absolute atomic E-state index is 0.0523. The first-order valence-electron chi connectivity index (χ1n) is 9.53. The summed E-state index contributed by atoms with van der Waals surface area (Å²) in [5.74, 6) is -1.09. The fourth-order valence-electron chi connectivity index (χ4n) is 3.06. The lowest BCUT2D eigenvalue weighted by Crippen LogP contribution is -2.36. The first-order valence-corrected chi connectivity index (χ1v) is 10.4. The quantitative estimate of drug-likeness (QED) is 0.448. The molecular formula is C21H16FN5O4S. The molecule has 3 aromatic rings. The monoisotopic (exact) mass is 453 g/mol. The van der Waals surface area contributed by atoms with Crippen LogP contribution < -0.4 is 5.32 Å². The summed E-state index contributed by atoms with van der Waals surface area (Å²) < 4.78 is 13.1. The van der Waals surface area contributed by atoms with Crippen LogP contribution in [-0.4, -0.2) is 32.4 Å². The maximum Gasteiger partial charge on any atom is 0.273 e. The van der Waals surface area contributed by atoms with Crippen molar-refractivity contribution in [2.24, 2.45) is 5.10 Å².